The smallest absolute Gasteiger partial charge is 0.124 e. The Morgan fingerprint density at radius 1 is 1.29 bits per heavy atom. The molecular formula is C14H21BrFN. The van der Waals surface area contributed by atoms with Crippen LogP contribution in [0.25, 0.3) is 0 Å². The van der Waals surface area contributed by atoms with Gasteiger partial charge in [-0.1, -0.05) is 35.8 Å². The van der Waals surface area contributed by atoms with Crippen LogP contribution in [-0.2, 0) is 6.54 Å². The molecule has 0 bridgehead atoms. The fourth-order valence-corrected chi connectivity index (χ4v) is 2.41. The van der Waals surface area contributed by atoms with Crippen LogP contribution in [0.15, 0.2) is 22.7 Å². The van der Waals surface area contributed by atoms with Crippen LogP contribution >= 0.6 is 15.9 Å². The second kappa shape index (κ2) is 6.50. The third kappa shape index (κ3) is 4.76. The molecule has 0 N–H and O–H groups in total. The van der Waals surface area contributed by atoms with Crippen LogP contribution < -0.4 is 0 Å². The van der Waals surface area contributed by atoms with E-state index in [9.17, 15) is 4.39 Å². The summed E-state index contributed by atoms with van der Waals surface area (Å²) >= 11 is 3.41. The molecule has 0 saturated heterocycles. The Bertz CT molecular complexity index is 365. The molecular weight excluding hydrogens is 281 g/mol. The summed E-state index contributed by atoms with van der Waals surface area (Å²) in [5.74, 6) is 0.502. The van der Waals surface area contributed by atoms with Crippen LogP contribution in [-0.4, -0.2) is 18.0 Å². The average Bonchev–Trinajstić information content (AvgIpc) is 2.21. The van der Waals surface area contributed by atoms with Crippen molar-refractivity contribution < 1.29 is 4.39 Å². The lowest BCUT2D eigenvalue weighted by atomic mass is 10.0. The highest BCUT2D eigenvalue weighted by Crippen LogP contribution is 2.21. The van der Waals surface area contributed by atoms with Crippen LogP contribution in [0.1, 0.15) is 32.8 Å². The number of hydrogen-bond donors (Lipinski definition) is 0. The monoisotopic (exact) mass is 301 g/mol. The molecule has 0 radical (unpaired) electrons. The predicted molar refractivity (Wildman–Crippen MR) is 74.5 cm³/mol. The molecule has 1 aromatic rings. The van der Waals surface area contributed by atoms with Gasteiger partial charge < -0.3 is 0 Å². The van der Waals surface area contributed by atoms with Crippen molar-refractivity contribution in [2.45, 2.75) is 39.8 Å². The second-order valence-corrected chi connectivity index (χ2v) is 5.98. The van der Waals surface area contributed by atoms with Crippen molar-refractivity contribution in [2.75, 3.05) is 7.05 Å². The van der Waals surface area contributed by atoms with Crippen molar-refractivity contribution in [2.24, 2.45) is 5.92 Å². The Hall–Kier alpha value is -0.410. The van der Waals surface area contributed by atoms with Gasteiger partial charge >= 0.3 is 0 Å². The molecule has 1 aromatic carbocycles. The first-order valence-electron chi connectivity index (χ1n) is 6.04. The van der Waals surface area contributed by atoms with E-state index in [4.69, 9.17) is 0 Å². The third-order valence-corrected chi connectivity index (χ3v) is 3.74. The first-order valence-corrected chi connectivity index (χ1v) is 6.83. The highest BCUT2D eigenvalue weighted by Gasteiger charge is 2.12. The van der Waals surface area contributed by atoms with Gasteiger partial charge in [0, 0.05) is 17.1 Å². The zero-order valence-corrected chi connectivity index (χ0v) is 12.6. The quantitative estimate of drug-likeness (QED) is 0.776. The van der Waals surface area contributed by atoms with Crippen molar-refractivity contribution in [3.8, 4) is 0 Å². The Morgan fingerprint density at radius 2 is 1.94 bits per heavy atom. The van der Waals surface area contributed by atoms with Gasteiger partial charge in [-0.2, -0.15) is 0 Å². The van der Waals surface area contributed by atoms with Gasteiger partial charge in [0.05, 0.1) is 0 Å². The first-order chi connectivity index (χ1) is 7.90. The molecule has 0 spiro atoms. The molecule has 0 saturated carbocycles. The lowest BCUT2D eigenvalue weighted by Crippen LogP contribution is -2.29. The van der Waals surface area contributed by atoms with E-state index in [0.29, 0.717) is 12.0 Å². The van der Waals surface area contributed by atoms with Gasteiger partial charge in [-0.25, -0.2) is 4.39 Å². The van der Waals surface area contributed by atoms with E-state index in [-0.39, 0.29) is 5.82 Å². The molecule has 0 aliphatic heterocycles. The van der Waals surface area contributed by atoms with Gasteiger partial charge in [-0.3, -0.25) is 4.90 Å². The van der Waals surface area contributed by atoms with Gasteiger partial charge in [-0.15, -0.1) is 0 Å². The first kappa shape index (κ1) is 14.7. The largest absolute Gasteiger partial charge is 0.299 e. The van der Waals surface area contributed by atoms with Gasteiger partial charge in [-0.05, 0) is 44.0 Å². The lowest BCUT2D eigenvalue weighted by Gasteiger charge is -2.26. The maximum atomic E-state index is 13.0. The van der Waals surface area contributed by atoms with Gasteiger partial charge in [0.2, 0.25) is 0 Å². The topological polar surface area (TPSA) is 3.24 Å². The maximum absolute atomic E-state index is 13.0. The molecule has 0 aliphatic carbocycles. The maximum Gasteiger partial charge on any atom is 0.124 e. The predicted octanol–water partition coefficient (Wildman–Crippen LogP) is 4.45. The van der Waals surface area contributed by atoms with Gasteiger partial charge in [0.1, 0.15) is 5.82 Å². The van der Waals surface area contributed by atoms with Crippen molar-refractivity contribution in [1.29, 1.82) is 0 Å². The third-order valence-electron chi connectivity index (χ3n) is 3.00. The summed E-state index contributed by atoms with van der Waals surface area (Å²) < 4.78 is 13.8. The molecule has 0 aromatic heterocycles. The average molecular weight is 302 g/mol. The van der Waals surface area contributed by atoms with E-state index < -0.39 is 0 Å². The summed E-state index contributed by atoms with van der Waals surface area (Å²) in [6.07, 6.45) is 1.18. The molecule has 0 heterocycles. The molecule has 0 aliphatic rings. The zero-order chi connectivity index (χ0) is 13.0. The summed E-state index contributed by atoms with van der Waals surface area (Å²) in [5, 5.41) is 0. The van der Waals surface area contributed by atoms with Crippen molar-refractivity contribution in [3.05, 3.63) is 34.1 Å². The fourth-order valence-electron chi connectivity index (χ4n) is 1.94. The minimum atomic E-state index is -0.196. The molecule has 1 rings (SSSR count). The summed E-state index contributed by atoms with van der Waals surface area (Å²) in [5.41, 5.74) is 1.13. The zero-order valence-electron chi connectivity index (χ0n) is 11.0. The summed E-state index contributed by atoms with van der Waals surface area (Å²) in [6.45, 7) is 7.54. The number of nitrogens with zero attached hydrogens (tertiary/aromatic N) is 1. The van der Waals surface area contributed by atoms with E-state index in [2.05, 4.69) is 48.6 Å². The molecule has 1 nitrogen and oxygen atoms in total. The van der Waals surface area contributed by atoms with Crippen molar-refractivity contribution in [3.63, 3.8) is 0 Å². The fraction of sp³-hybridized carbons (Fsp3) is 0.571. The second-order valence-electron chi connectivity index (χ2n) is 5.13. The number of rotatable bonds is 5. The summed E-state index contributed by atoms with van der Waals surface area (Å²) in [6, 6.07) is 5.42. The van der Waals surface area contributed by atoms with Crippen LogP contribution in [0.3, 0.4) is 0 Å². The normalized spacial score (nSPS) is 13.4. The lowest BCUT2D eigenvalue weighted by molar-refractivity contribution is 0.220. The van der Waals surface area contributed by atoms with E-state index in [0.717, 1.165) is 16.6 Å². The highest BCUT2D eigenvalue weighted by molar-refractivity contribution is 9.10. The number of halogens is 2. The van der Waals surface area contributed by atoms with Crippen molar-refractivity contribution >= 4 is 15.9 Å². The van der Waals surface area contributed by atoms with Gasteiger partial charge in [0.25, 0.3) is 0 Å². The van der Waals surface area contributed by atoms with Crippen LogP contribution in [0.5, 0.6) is 0 Å². The minimum Gasteiger partial charge on any atom is -0.299 e. The number of benzene rings is 1. The Balaban J connectivity index is 2.64. The van der Waals surface area contributed by atoms with E-state index in [1.165, 1.54) is 18.6 Å². The van der Waals surface area contributed by atoms with E-state index in [1.807, 2.05) is 6.07 Å². The summed E-state index contributed by atoms with van der Waals surface area (Å²) in [4.78, 5) is 2.30. The Labute approximate surface area is 112 Å². The molecule has 1 atom stereocenters. The molecule has 1 unspecified atom stereocenters. The van der Waals surface area contributed by atoms with E-state index in [1.54, 1.807) is 0 Å². The van der Waals surface area contributed by atoms with E-state index >= 15 is 0 Å². The molecule has 0 amide bonds. The molecule has 0 fully saturated rings. The Kier molecular flexibility index (Phi) is 5.60. The van der Waals surface area contributed by atoms with Gasteiger partial charge in [0.15, 0.2) is 0 Å². The molecule has 3 heteroatoms. The molecule has 17 heavy (non-hydrogen) atoms. The van der Waals surface area contributed by atoms with Crippen molar-refractivity contribution in [1.82, 2.24) is 4.90 Å². The van der Waals surface area contributed by atoms with Crippen LogP contribution in [0.4, 0.5) is 4.39 Å². The highest BCUT2D eigenvalue weighted by atomic mass is 79.9. The standard InChI is InChI=1S/C14H21BrFN/c1-10(2)7-11(3)17(4)9-12-5-6-13(16)8-14(12)15/h5-6,8,10-11H,7,9H2,1-4H3. The molecule has 96 valence electrons. The van der Waals surface area contributed by atoms with Crippen LogP contribution in [0, 0.1) is 11.7 Å². The number of hydrogen-bond acceptors (Lipinski definition) is 1. The SMILES string of the molecule is CC(C)CC(C)N(C)Cc1ccc(F)cc1Br. The summed E-state index contributed by atoms with van der Waals surface area (Å²) in [7, 11) is 2.11. The van der Waals surface area contributed by atoms with Crippen LogP contribution in [0.2, 0.25) is 0 Å². The Morgan fingerprint density at radius 3 is 2.47 bits per heavy atom. The minimum absolute atomic E-state index is 0.196.